The largest absolute Gasteiger partial charge is 0.355 e. The molecule has 4 aliphatic rings. The lowest BCUT2D eigenvalue weighted by Crippen LogP contribution is -2.58. The van der Waals surface area contributed by atoms with Crippen LogP contribution in [0.5, 0.6) is 0 Å². The van der Waals surface area contributed by atoms with E-state index in [1.54, 1.807) is 11.3 Å². The van der Waals surface area contributed by atoms with Crippen molar-refractivity contribution in [2.24, 2.45) is 17.3 Å². The lowest BCUT2D eigenvalue weighted by molar-refractivity contribution is -0.143. The lowest BCUT2D eigenvalue weighted by atomic mass is 9.49. The minimum Gasteiger partial charge on any atom is -0.355 e. The molecule has 4 heteroatoms. The molecule has 114 valence electrons. The molecule has 1 heterocycles. The van der Waals surface area contributed by atoms with Crippen LogP contribution in [0.25, 0.3) is 0 Å². The third-order valence-corrected chi connectivity index (χ3v) is 7.57. The van der Waals surface area contributed by atoms with E-state index in [1.807, 2.05) is 0 Å². The van der Waals surface area contributed by atoms with Crippen LogP contribution in [0.3, 0.4) is 0 Å². The van der Waals surface area contributed by atoms with Gasteiger partial charge in [0.1, 0.15) is 0 Å². The van der Waals surface area contributed by atoms with E-state index in [9.17, 15) is 4.79 Å². The highest BCUT2D eigenvalue weighted by molar-refractivity contribution is 9.10. The van der Waals surface area contributed by atoms with Gasteiger partial charge in [0, 0.05) is 15.7 Å². The molecule has 4 saturated carbocycles. The number of rotatable bonds is 4. The SMILES string of the molecule is O=C(NCCc1cccs1)C12C[C@@H]3C[C@@H](CC(Br)(C3)C1)C2. The number of hydrogen-bond acceptors (Lipinski definition) is 2. The first-order valence-corrected chi connectivity index (χ1v) is 9.74. The summed E-state index contributed by atoms with van der Waals surface area (Å²) in [5, 5.41) is 5.34. The number of hydrogen-bond donors (Lipinski definition) is 1. The van der Waals surface area contributed by atoms with Gasteiger partial charge in [-0.05, 0) is 68.2 Å². The molecule has 4 bridgehead atoms. The van der Waals surface area contributed by atoms with Crippen molar-refractivity contribution < 1.29 is 4.79 Å². The molecule has 2 nitrogen and oxygen atoms in total. The van der Waals surface area contributed by atoms with E-state index in [1.165, 1.54) is 24.1 Å². The van der Waals surface area contributed by atoms with E-state index in [2.05, 4.69) is 38.8 Å². The minimum absolute atomic E-state index is 0.0664. The summed E-state index contributed by atoms with van der Waals surface area (Å²) < 4.78 is 0.266. The standard InChI is InChI=1S/C17H22BrNOS/c18-17-9-12-6-13(10-17)8-16(7-12,11-17)15(20)19-4-3-14-2-1-5-21-14/h1-2,5,12-13H,3-4,6-11H2,(H,19,20)/t12-,13+,16?,17?. The smallest absolute Gasteiger partial charge is 0.226 e. The second-order valence-corrected chi connectivity index (χ2v) is 10.2. The molecule has 0 saturated heterocycles. The predicted octanol–water partition coefficient (Wildman–Crippen LogP) is 4.14. The molecule has 4 atom stereocenters. The highest BCUT2D eigenvalue weighted by Gasteiger charge is 2.59. The average molecular weight is 368 g/mol. The summed E-state index contributed by atoms with van der Waals surface area (Å²) in [4.78, 5) is 14.2. The van der Waals surface area contributed by atoms with Crippen molar-refractivity contribution in [1.82, 2.24) is 5.32 Å². The van der Waals surface area contributed by atoms with Crippen LogP contribution in [0.15, 0.2) is 17.5 Å². The Morgan fingerprint density at radius 1 is 1.33 bits per heavy atom. The van der Waals surface area contributed by atoms with E-state index in [0.29, 0.717) is 5.91 Å². The van der Waals surface area contributed by atoms with Crippen LogP contribution < -0.4 is 5.32 Å². The maximum atomic E-state index is 12.8. The van der Waals surface area contributed by atoms with E-state index >= 15 is 0 Å². The zero-order valence-corrected chi connectivity index (χ0v) is 14.6. The van der Waals surface area contributed by atoms with Gasteiger partial charge >= 0.3 is 0 Å². The van der Waals surface area contributed by atoms with Crippen LogP contribution in [-0.4, -0.2) is 16.8 Å². The normalized spacial score (nSPS) is 40.4. The molecule has 5 rings (SSSR count). The van der Waals surface area contributed by atoms with Crippen molar-refractivity contribution in [3.63, 3.8) is 0 Å². The van der Waals surface area contributed by atoms with Crippen molar-refractivity contribution >= 4 is 33.2 Å². The topological polar surface area (TPSA) is 29.1 Å². The lowest BCUT2D eigenvalue weighted by Gasteiger charge is -2.59. The van der Waals surface area contributed by atoms with Crippen LogP contribution in [0.2, 0.25) is 0 Å². The van der Waals surface area contributed by atoms with Gasteiger partial charge in [0.2, 0.25) is 5.91 Å². The van der Waals surface area contributed by atoms with Crippen molar-refractivity contribution in [3.05, 3.63) is 22.4 Å². The summed E-state index contributed by atoms with van der Waals surface area (Å²) >= 11 is 5.76. The Morgan fingerprint density at radius 2 is 2.10 bits per heavy atom. The Hall–Kier alpha value is -0.350. The number of thiophene rings is 1. The van der Waals surface area contributed by atoms with Crippen LogP contribution in [0, 0.1) is 17.3 Å². The number of amides is 1. The molecule has 0 spiro atoms. The van der Waals surface area contributed by atoms with Crippen molar-refractivity contribution in [1.29, 1.82) is 0 Å². The Bertz CT molecular complexity index is 527. The Balaban J connectivity index is 1.42. The number of alkyl halides is 1. The van der Waals surface area contributed by atoms with Gasteiger partial charge in [0.15, 0.2) is 0 Å². The van der Waals surface area contributed by atoms with Crippen LogP contribution in [-0.2, 0) is 11.2 Å². The predicted molar refractivity (Wildman–Crippen MR) is 89.8 cm³/mol. The second-order valence-electron chi connectivity index (χ2n) is 7.48. The molecule has 1 aromatic rings. The van der Waals surface area contributed by atoms with E-state index < -0.39 is 0 Å². The summed E-state index contributed by atoms with van der Waals surface area (Å²) in [5.41, 5.74) is -0.0664. The van der Waals surface area contributed by atoms with Gasteiger partial charge in [-0.25, -0.2) is 0 Å². The molecule has 2 unspecified atom stereocenters. The fraction of sp³-hybridized carbons (Fsp3) is 0.706. The van der Waals surface area contributed by atoms with Gasteiger partial charge in [-0.15, -0.1) is 11.3 Å². The Morgan fingerprint density at radius 3 is 2.71 bits per heavy atom. The van der Waals surface area contributed by atoms with E-state index in [-0.39, 0.29) is 9.74 Å². The van der Waals surface area contributed by atoms with Gasteiger partial charge in [-0.3, -0.25) is 4.79 Å². The molecule has 0 aliphatic heterocycles. The van der Waals surface area contributed by atoms with E-state index in [0.717, 1.165) is 44.1 Å². The first kappa shape index (κ1) is 14.3. The first-order chi connectivity index (χ1) is 10.1. The van der Waals surface area contributed by atoms with Gasteiger partial charge in [-0.2, -0.15) is 0 Å². The average Bonchev–Trinajstić information content (AvgIpc) is 2.88. The summed E-state index contributed by atoms with van der Waals surface area (Å²) in [5.74, 6) is 1.87. The van der Waals surface area contributed by atoms with Crippen LogP contribution >= 0.6 is 27.3 Å². The molecule has 0 aromatic carbocycles. The number of carbonyl (C=O) groups is 1. The van der Waals surface area contributed by atoms with E-state index in [4.69, 9.17) is 0 Å². The number of halogens is 1. The molecular weight excluding hydrogens is 346 g/mol. The monoisotopic (exact) mass is 367 g/mol. The third kappa shape index (κ3) is 2.59. The zero-order valence-electron chi connectivity index (χ0n) is 12.2. The summed E-state index contributed by atoms with van der Waals surface area (Å²) in [6.45, 7) is 0.783. The molecule has 1 amide bonds. The Kier molecular flexibility index (Phi) is 3.45. The summed E-state index contributed by atoms with van der Waals surface area (Å²) in [6.07, 6.45) is 8.20. The molecule has 0 radical (unpaired) electrons. The first-order valence-electron chi connectivity index (χ1n) is 8.07. The highest BCUT2D eigenvalue weighted by atomic mass is 79.9. The molecule has 4 fully saturated rings. The minimum atomic E-state index is -0.0664. The van der Waals surface area contributed by atoms with Gasteiger partial charge < -0.3 is 5.32 Å². The summed E-state index contributed by atoms with van der Waals surface area (Å²) in [7, 11) is 0. The Labute approximate surface area is 138 Å². The zero-order chi connectivity index (χ0) is 14.5. The van der Waals surface area contributed by atoms with Crippen LogP contribution in [0.4, 0.5) is 0 Å². The molecule has 1 aromatic heterocycles. The molecule has 21 heavy (non-hydrogen) atoms. The molecular formula is C17H22BrNOS. The maximum Gasteiger partial charge on any atom is 0.226 e. The van der Waals surface area contributed by atoms with Gasteiger partial charge in [0.25, 0.3) is 0 Å². The third-order valence-electron chi connectivity index (χ3n) is 5.71. The number of carbonyl (C=O) groups excluding carboxylic acids is 1. The van der Waals surface area contributed by atoms with Crippen molar-refractivity contribution in [2.45, 2.75) is 49.3 Å². The highest BCUT2D eigenvalue weighted by Crippen LogP contribution is 2.64. The molecule has 1 N–H and O–H groups in total. The molecule has 4 aliphatic carbocycles. The second kappa shape index (κ2) is 5.09. The quantitative estimate of drug-likeness (QED) is 0.796. The number of nitrogens with one attached hydrogen (secondary N) is 1. The van der Waals surface area contributed by atoms with Crippen LogP contribution in [0.1, 0.15) is 43.4 Å². The van der Waals surface area contributed by atoms with Gasteiger partial charge in [-0.1, -0.05) is 22.0 Å². The fourth-order valence-corrected chi connectivity index (χ4v) is 7.52. The fourth-order valence-electron chi connectivity index (χ4n) is 5.36. The van der Waals surface area contributed by atoms with Gasteiger partial charge in [0.05, 0.1) is 5.41 Å². The van der Waals surface area contributed by atoms with Crippen molar-refractivity contribution in [2.75, 3.05) is 6.54 Å². The maximum absolute atomic E-state index is 12.8. The van der Waals surface area contributed by atoms with Crippen molar-refractivity contribution in [3.8, 4) is 0 Å². The summed E-state index contributed by atoms with van der Waals surface area (Å²) in [6, 6.07) is 4.23.